The van der Waals surface area contributed by atoms with E-state index < -0.39 is 0 Å². The van der Waals surface area contributed by atoms with Gasteiger partial charge in [-0.05, 0) is 68.2 Å². The Morgan fingerprint density at radius 3 is 2.26 bits per heavy atom. The maximum atomic E-state index is 13.3. The molecule has 39 heavy (non-hydrogen) atoms. The number of fused-ring (bicyclic) bond motifs is 1. The highest BCUT2D eigenvalue weighted by molar-refractivity contribution is 5.89. The van der Waals surface area contributed by atoms with E-state index in [0.717, 1.165) is 35.7 Å². The van der Waals surface area contributed by atoms with Crippen molar-refractivity contribution in [3.05, 3.63) is 108 Å². The lowest BCUT2D eigenvalue weighted by atomic mass is 9.74. The summed E-state index contributed by atoms with van der Waals surface area (Å²) < 4.78 is 5.24. The zero-order chi connectivity index (χ0) is 27.2. The van der Waals surface area contributed by atoms with E-state index in [2.05, 4.69) is 77.5 Å². The minimum Gasteiger partial charge on any atom is -0.497 e. The largest absolute Gasteiger partial charge is 0.497 e. The number of likely N-dealkylation sites (N-methyl/N-ethyl adjacent to an activating group) is 1. The summed E-state index contributed by atoms with van der Waals surface area (Å²) in [5.74, 6) is 7.62. The summed E-state index contributed by atoms with van der Waals surface area (Å²) in [6.07, 6.45) is 4.30. The molecule has 0 bridgehead atoms. The number of carbonyl (C=O) groups excluding carboxylic acids is 1. The summed E-state index contributed by atoms with van der Waals surface area (Å²) in [5.41, 5.74) is 4.07. The quantitative estimate of drug-likeness (QED) is 0.384. The number of anilines is 1. The van der Waals surface area contributed by atoms with Crippen molar-refractivity contribution in [3.8, 4) is 17.6 Å². The van der Waals surface area contributed by atoms with Crippen molar-refractivity contribution in [1.82, 2.24) is 14.7 Å². The summed E-state index contributed by atoms with van der Waals surface area (Å²) in [5, 5.41) is 3.06. The predicted octanol–water partition coefficient (Wildman–Crippen LogP) is 4.90. The molecule has 3 atom stereocenters. The van der Waals surface area contributed by atoms with Crippen LogP contribution in [0.15, 0.2) is 91.0 Å². The van der Waals surface area contributed by atoms with Gasteiger partial charge in [-0.3, -0.25) is 4.90 Å². The van der Waals surface area contributed by atoms with E-state index in [9.17, 15) is 4.79 Å². The van der Waals surface area contributed by atoms with Crippen LogP contribution in [0.5, 0.6) is 5.75 Å². The number of amides is 2. The molecule has 0 spiro atoms. The van der Waals surface area contributed by atoms with Crippen LogP contribution in [-0.4, -0.2) is 80.2 Å². The molecular weight excluding hydrogens is 484 g/mol. The molecule has 2 aliphatic heterocycles. The van der Waals surface area contributed by atoms with Crippen LogP contribution in [0.4, 0.5) is 10.5 Å². The van der Waals surface area contributed by atoms with Gasteiger partial charge in [0, 0.05) is 61.0 Å². The topological polar surface area (TPSA) is 48.1 Å². The number of hydrogen-bond acceptors (Lipinski definition) is 4. The van der Waals surface area contributed by atoms with Gasteiger partial charge < -0.3 is 19.9 Å². The molecule has 6 nitrogen and oxygen atoms in total. The Bertz CT molecular complexity index is 1340. The van der Waals surface area contributed by atoms with Gasteiger partial charge in [0.05, 0.1) is 7.11 Å². The van der Waals surface area contributed by atoms with Crippen molar-refractivity contribution in [2.75, 3.05) is 52.7 Å². The Morgan fingerprint density at radius 1 is 0.923 bits per heavy atom. The summed E-state index contributed by atoms with van der Waals surface area (Å²) in [4.78, 5) is 20.0. The third kappa shape index (κ3) is 6.34. The summed E-state index contributed by atoms with van der Waals surface area (Å²) >= 11 is 0. The third-order valence-electron chi connectivity index (χ3n) is 7.50. The minimum absolute atomic E-state index is 0.0898. The van der Waals surface area contributed by atoms with Crippen molar-refractivity contribution in [2.24, 2.45) is 0 Å². The van der Waals surface area contributed by atoms with Gasteiger partial charge in [0.2, 0.25) is 0 Å². The lowest BCUT2D eigenvalue weighted by Crippen LogP contribution is -2.68. The summed E-state index contributed by atoms with van der Waals surface area (Å²) in [7, 11) is 5.89. The fourth-order valence-electron chi connectivity index (χ4n) is 5.54. The smallest absolute Gasteiger partial charge is 0.322 e. The Balaban J connectivity index is 1.34. The lowest BCUT2D eigenvalue weighted by molar-refractivity contribution is -0.0288. The van der Waals surface area contributed by atoms with Gasteiger partial charge in [0.15, 0.2) is 0 Å². The molecular formula is C33H36N4O2. The number of hydrogen-bond donors (Lipinski definition) is 1. The highest BCUT2D eigenvalue weighted by atomic mass is 16.5. The molecule has 1 N–H and O–H groups in total. The molecule has 6 heteroatoms. The van der Waals surface area contributed by atoms with E-state index in [1.807, 2.05) is 59.5 Å². The number of nitrogens with one attached hydrogen (secondary N) is 1. The minimum atomic E-state index is -0.0898. The Labute approximate surface area is 231 Å². The number of urea groups is 1. The molecule has 2 amide bonds. The molecule has 3 aromatic carbocycles. The second-order valence-corrected chi connectivity index (χ2v) is 10.4. The number of carbonyl (C=O) groups is 1. The standard InChI is InChI=1S/C33H36N4O2/c1-35(2)23-30-32(27-15-13-26(14-16-27)12-11-25-9-5-4-6-10-25)31-24-36(21-7-8-22-37(30)31)33(38)34-28-17-19-29(39-3)20-18-28/h4-10,13-20,30-32H,21-24H2,1-3H3,(H,34,38). The number of benzene rings is 3. The highest BCUT2D eigenvalue weighted by Crippen LogP contribution is 2.42. The van der Waals surface area contributed by atoms with Gasteiger partial charge >= 0.3 is 6.03 Å². The fourth-order valence-corrected chi connectivity index (χ4v) is 5.54. The van der Waals surface area contributed by atoms with Crippen molar-refractivity contribution in [1.29, 1.82) is 0 Å². The van der Waals surface area contributed by atoms with Crippen LogP contribution in [0, 0.1) is 11.8 Å². The zero-order valence-corrected chi connectivity index (χ0v) is 22.9. The van der Waals surface area contributed by atoms with Crippen LogP contribution in [0.25, 0.3) is 0 Å². The number of ether oxygens (including phenoxy) is 1. The highest BCUT2D eigenvalue weighted by Gasteiger charge is 2.49. The second-order valence-electron chi connectivity index (χ2n) is 10.4. The first-order chi connectivity index (χ1) is 19.0. The second kappa shape index (κ2) is 12.2. The van der Waals surface area contributed by atoms with E-state index in [1.165, 1.54) is 5.56 Å². The van der Waals surface area contributed by atoms with Gasteiger partial charge in [0.1, 0.15) is 5.75 Å². The molecule has 3 aromatic rings. The SMILES string of the molecule is COc1ccc(NC(=O)N2CC=CCN3C(CN(C)C)C(c4ccc(C#Cc5ccccc5)cc4)C3C2)cc1. The van der Waals surface area contributed by atoms with Crippen molar-refractivity contribution < 1.29 is 9.53 Å². The summed E-state index contributed by atoms with van der Waals surface area (Å²) in [6, 6.07) is 26.7. The van der Waals surface area contributed by atoms with Gasteiger partial charge in [-0.15, -0.1) is 0 Å². The normalized spacial score (nSPS) is 20.6. The molecule has 1 fully saturated rings. The van der Waals surface area contributed by atoms with Crippen LogP contribution >= 0.6 is 0 Å². The molecule has 2 aliphatic rings. The first-order valence-corrected chi connectivity index (χ1v) is 13.4. The van der Waals surface area contributed by atoms with Crippen LogP contribution in [0.1, 0.15) is 22.6 Å². The maximum Gasteiger partial charge on any atom is 0.322 e. The van der Waals surface area contributed by atoms with Gasteiger partial charge in [0.25, 0.3) is 0 Å². The van der Waals surface area contributed by atoms with E-state index in [-0.39, 0.29) is 12.1 Å². The maximum absolute atomic E-state index is 13.3. The molecule has 0 aromatic heterocycles. The summed E-state index contributed by atoms with van der Waals surface area (Å²) in [6.45, 7) is 3.11. The van der Waals surface area contributed by atoms with Gasteiger partial charge in [-0.1, -0.05) is 54.3 Å². The number of rotatable bonds is 5. The molecule has 2 heterocycles. The van der Waals surface area contributed by atoms with Crippen LogP contribution < -0.4 is 10.1 Å². The van der Waals surface area contributed by atoms with Crippen molar-refractivity contribution >= 4 is 11.7 Å². The average molecular weight is 521 g/mol. The predicted molar refractivity (Wildman–Crippen MR) is 157 cm³/mol. The Morgan fingerprint density at radius 2 is 1.59 bits per heavy atom. The Kier molecular flexibility index (Phi) is 8.31. The molecule has 200 valence electrons. The number of nitrogens with zero attached hydrogens (tertiary/aromatic N) is 3. The van der Waals surface area contributed by atoms with Gasteiger partial charge in [-0.2, -0.15) is 0 Å². The monoisotopic (exact) mass is 520 g/mol. The van der Waals surface area contributed by atoms with Gasteiger partial charge in [-0.25, -0.2) is 4.79 Å². The van der Waals surface area contributed by atoms with E-state index in [1.54, 1.807) is 7.11 Å². The van der Waals surface area contributed by atoms with Crippen LogP contribution in [0.3, 0.4) is 0 Å². The first-order valence-electron chi connectivity index (χ1n) is 13.4. The zero-order valence-electron chi connectivity index (χ0n) is 22.9. The van der Waals surface area contributed by atoms with Crippen molar-refractivity contribution in [3.63, 3.8) is 0 Å². The lowest BCUT2D eigenvalue weighted by Gasteiger charge is -2.57. The Hall–Kier alpha value is -4.05. The molecule has 0 aliphatic carbocycles. The molecule has 5 rings (SSSR count). The van der Waals surface area contributed by atoms with Crippen molar-refractivity contribution in [2.45, 2.75) is 18.0 Å². The molecule has 0 radical (unpaired) electrons. The van der Waals surface area contributed by atoms with E-state index >= 15 is 0 Å². The van der Waals surface area contributed by atoms with E-state index in [0.29, 0.717) is 25.0 Å². The van der Waals surface area contributed by atoms with Crippen LogP contribution in [-0.2, 0) is 0 Å². The first kappa shape index (κ1) is 26.6. The average Bonchev–Trinajstić information content (AvgIpc) is 2.94. The molecule has 0 saturated carbocycles. The van der Waals surface area contributed by atoms with E-state index in [4.69, 9.17) is 4.74 Å². The fraction of sp³-hybridized carbons (Fsp3) is 0.303. The molecule has 3 unspecified atom stereocenters. The van der Waals surface area contributed by atoms with Crippen LogP contribution in [0.2, 0.25) is 0 Å². The third-order valence-corrected chi connectivity index (χ3v) is 7.50. The molecule has 1 saturated heterocycles. The number of methoxy groups -OCH3 is 1.